The third-order valence-electron chi connectivity index (χ3n) is 2.50. The highest BCUT2D eigenvalue weighted by atomic mass is 79.9. The van der Waals surface area contributed by atoms with Crippen molar-refractivity contribution in [3.05, 3.63) is 40.1 Å². The highest BCUT2D eigenvalue weighted by Crippen LogP contribution is 2.28. The average molecular weight is 349 g/mol. The number of sulfone groups is 1. The molecular formula is C13H17BrO2S2. The Hall–Kier alpha value is -0.260. The maximum atomic E-state index is 12.4. The predicted octanol–water partition coefficient (Wildman–Crippen LogP) is 4.15. The lowest BCUT2D eigenvalue weighted by atomic mass is 10.2. The molecule has 1 aromatic carbocycles. The molecule has 0 radical (unpaired) electrons. The summed E-state index contributed by atoms with van der Waals surface area (Å²) in [4.78, 5) is 0.435. The van der Waals surface area contributed by atoms with E-state index in [9.17, 15) is 8.42 Å². The Morgan fingerprint density at radius 3 is 2.39 bits per heavy atom. The number of thioether (sulfide) groups is 1. The van der Waals surface area contributed by atoms with Crippen molar-refractivity contribution in [3.63, 3.8) is 0 Å². The first kappa shape index (κ1) is 15.8. The molecule has 0 aliphatic heterocycles. The zero-order chi connectivity index (χ0) is 13.8. The van der Waals surface area contributed by atoms with Crippen molar-refractivity contribution in [2.45, 2.75) is 30.0 Å². The van der Waals surface area contributed by atoms with Gasteiger partial charge in [-0.3, -0.25) is 0 Å². The summed E-state index contributed by atoms with van der Waals surface area (Å²) in [5, 5.41) is 0. The fourth-order valence-corrected chi connectivity index (χ4v) is 4.52. The monoisotopic (exact) mass is 348 g/mol. The summed E-state index contributed by atoms with van der Waals surface area (Å²) >= 11 is 4.70. The lowest BCUT2D eigenvalue weighted by Gasteiger charge is -2.09. The Bertz CT molecular complexity index is 518. The molecule has 1 aromatic rings. The van der Waals surface area contributed by atoms with Gasteiger partial charge in [-0.25, -0.2) is 8.42 Å². The second-order valence-corrected chi connectivity index (χ2v) is 8.13. The van der Waals surface area contributed by atoms with E-state index in [2.05, 4.69) is 15.9 Å². The van der Waals surface area contributed by atoms with E-state index in [1.54, 1.807) is 24.5 Å². The lowest BCUT2D eigenvalue weighted by molar-refractivity contribution is 0.604. The molecule has 0 aliphatic carbocycles. The number of rotatable bonds is 5. The van der Waals surface area contributed by atoms with E-state index >= 15 is 0 Å². The third kappa shape index (κ3) is 3.87. The number of hydrogen-bond donors (Lipinski definition) is 0. The molecule has 0 saturated carbocycles. The first-order chi connectivity index (χ1) is 8.41. The molecule has 18 heavy (non-hydrogen) atoms. The molecule has 0 spiro atoms. The highest BCUT2D eigenvalue weighted by molar-refractivity contribution is 9.09. The summed E-state index contributed by atoms with van der Waals surface area (Å²) in [6.07, 6.45) is 4.40. The Kier molecular flexibility index (Phi) is 5.95. The number of alkyl halides is 1. The fraction of sp³-hybridized carbons (Fsp3) is 0.385. The van der Waals surface area contributed by atoms with E-state index in [1.165, 1.54) is 11.8 Å². The van der Waals surface area contributed by atoms with Gasteiger partial charge in [0.1, 0.15) is 4.24 Å². The highest BCUT2D eigenvalue weighted by Gasteiger charge is 2.20. The predicted molar refractivity (Wildman–Crippen MR) is 83.0 cm³/mol. The molecule has 5 heteroatoms. The minimum absolute atomic E-state index is 0.0835. The molecule has 1 unspecified atom stereocenters. The summed E-state index contributed by atoms with van der Waals surface area (Å²) in [6.45, 7) is 3.94. The molecule has 0 fully saturated rings. The zero-order valence-electron chi connectivity index (χ0n) is 10.7. The van der Waals surface area contributed by atoms with Gasteiger partial charge in [0.25, 0.3) is 0 Å². The lowest BCUT2D eigenvalue weighted by Crippen LogP contribution is -2.04. The quantitative estimate of drug-likeness (QED) is 0.749. The van der Waals surface area contributed by atoms with Crippen molar-refractivity contribution in [1.29, 1.82) is 0 Å². The maximum absolute atomic E-state index is 12.4. The van der Waals surface area contributed by atoms with Gasteiger partial charge in [-0.2, -0.15) is 0 Å². The van der Waals surface area contributed by atoms with E-state index in [0.717, 1.165) is 12.0 Å². The van der Waals surface area contributed by atoms with Crippen molar-refractivity contribution in [1.82, 2.24) is 0 Å². The Labute approximate surface area is 122 Å². The van der Waals surface area contributed by atoms with Gasteiger partial charge in [0, 0.05) is 4.83 Å². The molecule has 2 nitrogen and oxygen atoms in total. The summed E-state index contributed by atoms with van der Waals surface area (Å²) in [6, 6.07) is 6.94. The molecule has 0 aromatic heterocycles. The zero-order valence-corrected chi connectivity index (χ0v) is 13.9. The summed E-state index contributed by atoms with van der Waals surface area (Å²) < 4.78 is 25.2. The van der Waals surface area contributed by atoms with Gasteiger partial charge in [-0.1, -0.05) is 40.5 Å². The maximum Gasteiger partial charge on any atom is 0.212 e. The Morgan fingerprint density at radius 2 is 1.94 bits per heavy atom. The van der Waals surface area contributed by atoms with Gasteiger partial charge in [0.15, 0.2) is 0 Å². The smallest absolute Gasteiger partial charge is 0.212 e. The summed E-state index contributed by atoms with van der Waals surface area (Å²) in [7, 11) is -3.38. The van der Waals surface area contributed by atoms with E-state index < -0.39 is 9.84 Å². The van der Waals surface area contributed by atoms with Gasteiger partial charge in [0.05, 0.1) is 4.90 Å². The van der Waals surface area contributed by atoms with Crippen LogP contribution in [0.5, 0.6) is 0 Å². The van der Waals surface area contributed by atoms with Crippen LogP contribution in [0, 0.1) is 6.92 Å². The number of halogens is 1. The number of benzene rings is 1. The number of hydrogen-bond acceptors (Lipinski definition) is 3. The normalized spacial score (nSPS) is 14.6. The third-order valence-corrected chi connectivity index (χ3v) is 6.67. The van der Waals surface area contributed by atoms with Crippen LogP contribution in [-0.4, -0.2) is 19.5 Å². The standard InChI is InChI=1S/C13H17BrO2S2/c1-4-11(14)9-13(17-3)18(15,16)12-7-5-10(2)6-8-12/h5-9,11H,4H2,1-3H3/b13-9+. The van der Waals surface area contributed by atoms with E-state index in [-0.39, 0.29) is 4.83 Å². The second kappa shape index (κ2) is 6.78. The molecule has 100 valence electrons. The van der Waals surface area contributed by atoms with Crippen molar-refractivity contribution in [2.75, 3.05) is 6.26 Å². The largest absolute Gasteiger partial charge is 0.218 e. The van der Waals surface area contributed by atoms with E-state index in [0.29, 0.717) is 9.13 Å². The Balaban J connectivity index is 3.19. The van der Waals surface area contributed by atoms with Crippen LogP contribution in [0.25, 0.3) is 0 Å². The van der Waals surface area contributed by atoms with Crippen LogP contribution in [0.2, 0.25) is 0 Å². The SMILES string of the molecule is CCC(Br)/C=C(\SC)S(=O)(=O)c1ccc(C)cc1. The molecule has 1 rings (SSSR count). The van der Waals surface area contributed by atoms with Crippen molar-refractivity contribution < 1.29 is 8.42 Å². The second-order valence-electron chi connectivity index (χ2n) is 3.93. The van der Waals surface area contributed by atoms with Gasteiger partial charge < -0.3 is 0 Å². The van der Waals surface area contributed by atoms with Crippen molar-refractivity contribution >= 4 is 37.5 Å². The van der Waals surface area contributed by atoms with Crippen molar-refractivity contribution in [2.24, 2.45) is 0 Å². The average Bonchev–Trinajstić information content (AvgIpc) is 2.35. The molecule has 0 amide bonds. The van der Waals surface area contributed by atoms with Gasteiger partial charge in [-0.15, -0.1) is 11.8 Å². The number of allylic oxidation sites excluding steroid dienone is 1. The molecule has 0 bridgehead atoms. The van der Waals surface area contributed by atoms with Crippen LogP contribution < -0.4 is 0 Å². The minimum atomic E-state index is -3.38. The molecule has 1 atom stereocenters. The topological polar surface area (TPSA) is 34.1 Å². The molecule has 0 N–H and O–H groups in total. The first-order valence-corrected chi connectivity index (χ1v) is 9.25. The van der Waals surface area contributed by atoms with Crippen LogP contribution in [-0.2, 0) is 9.84 Å². The van der Waals surface area contributed by atoms with Crippen LogP contribution in [0.3, 0.4) is 0 Å². The van der Waals surface area contributed by atoms with E-state index in [1.807, 2.05) is 26.0 Å². The molecule has 0 heterocycles. The van der Waals surface area contributed by atoms with Crippen LogP contribution in [0.15, 0.2) is 39.5 Å². The Morgan fingerprint density at radius 1 is 1.39 bits per heavy atom. The molecular weight excluding hydrogens is 332 g/mol. The minimum Gasteiger partial charge on any atom is -0.218 e. The van der Waals surface area contributed by atoms with Gasteiger partial charge in [-0.05, 0) is 37.8 Å². The molecule has 0 aliphatic rings. The number of aryl methyl sites for hydroxylation is 1. The molecule has 0 saturated heterocycles. The van der Waals surface area contributed by atoms with Crippen LogP contribution in [0.4, 0.5) is 0 Å². The van der Waals surface area contributed by atoms with E-state index in [4.69, 9.17) is 0 Å². The van der Waals surface area contributed by atoms with Gasteiger partial charge >= 0.3 is 0 Å². The summed E-state index contributed by atoms with van der Waals surface area (Å²) in [5.74, 6) is 0. The van der Waals surface area contributed by atoms with Crippen molar-refractivity contribution in [3.8, 4) is 0 Å². The fourth-order valence-electron chi connectivity index (χ4n) is 1.37. The summed E-state index contributed by atoms with van der Waals surface area (Å²) in [5.41, 5.74) is 1.05. The van der Waals surface area contributed by atoms with Crippen LogP contribution in [0.1, 0.15) is 18.9 Å². The van der Waals surface area contributed by atoms with Gasteiger partial charge in [0.2, 0.25) is 9.84 Å². The van der Waals surface area contributed by atoms with Crippen LogP contribution >= 0.6 is 27.7 Å². The first-order valence-electron chi connectivity index (χ1n) is 5.63.